The maximum absolute atomic E-state index is 12.0. The van der Waals surface area contributed by atoms with Gasteiger partial charge in [-0.05, 0) is 6.42 Å². The van der Waals surface area contributed by atoms with Crippen molar-refractivity contribution >= 4 is 70.0 Å². The molecule has 194 valence electrons. The van der Waals surface area contributed by atoms with Gasteiger partial charge < -0.3 is 20.1 Å². The smallest absolute Gasteiger partial charge is 0.349 e. The van der Waals surface area contributed by atoms with Crippen LogP contribution in [-0.2, 0) is 23.9 Å². The predicted octanol–water partition coefficient (Wildman–Crippen LogP) is 3.73. The predicted molar refractivity (Wildman–Crippen MR) is 138 cm³/mol. The Kier molecular flexibility index (Phi) is 26.9. The highest BCUT2D eigenvalue weighted by Gasteiger charge is 2.47. The summed E-state index contributed by atoms with van der Waals surface area (Å²) < 4.78 is 4.84. The zero-order valence-corrected chi connectivity index (χ0v) is 19.6. The molecule has 0 saturated carbocycles. The highest BCUT2D eigenvalue weighted by molar-refractivity contribution is 5.90. The molecule has 0 amide bonds. The van der Waals surface area contributed by atoms with Gasteiger partial charge in [-0.3, -0.25) is 14.4 Å². The molecule has 0 aromatic rings. The number of aliphatic carboxylic acids is 3. The SMILES string of the molecule is CCCCCCCCCCCCCCCCCC(=O)OC(CC(=O)O)(CC(=O)O)C(=O)O.[MgH2].[MgH2]. The van der Waals surface area contributed by atoms with Gasteiger partial charge in [-0.1, -0.05) is 96.8 Å². The number of carboxylic acid groups (broad SMARTS) is 3. The van der Waals surface area contributed by atoms with E-state index in [1.807, 2.05) is 0 Å². The molecule has 0 unspecified atom stereocenters. The van der Waals surface area contributed by atoms with Crippen molar-refractivity contribution in [1.82, 2.24) is 0 Å². The van der Waals surface area contributed by atoms with Crippen LogP contribution in [0.4, 0.5) is 0 Å². The van der Waals surface area contributed by atoms with Gasteiger partial charge in [0, 0.05) is 6.42 Å². The monoisotopic (exact) mass is 510 g/mol. The summed E-state index contributed by atoms with van der Waals surface area (Å²) >= 11 is 0. The number of esters is 1. The van der Waals surface area contributed by atoms with Gasteiger partial charge in [0.05, 0.1) is 12.8 Å². The van der Waals surface area contributed by atoms with E-state index in [0.717, 1.165) is 25.7 Å². The molecule has 0 rings (SSSR count). The summed E-state index contributed by atoms with van der Waals surface area (Å²) in [5.74, 6) is -5.75. The normalized spacial score (nSPS) is 10.6. The Hall–Kier alpha value is -0.588. The molecule has 0 aliphatic rings. The van der Waals surface area contributed by atoms with E-state index in [1.54, 1.807) is 0 Å². The van der Waals surface area contributed by atoms with E-state index >= 15 is 0 Å². The lowest BCUT2D eigenvalue weighted by Crippen LogP contribution is -2.47. The number of hydrogen-bond donors (Lipinski definition) is 3. The van der Waals surface area contributed by atoms with Gasteiger partial charge in [0.25, 0.3) is 0 Å². The third kappa shape index (κ3) is 20.8. The highest BCUT2D eigenvalue weighted by atomic mass is 24.3. The minimum Gasteiger partial charge on any atom is -0.481 e. The van der Waals surface area contributed by atoms with Crippen LogP contribution in [0, 0.1) is 0 Å². The molecule has 8 nitrogen and oxygen atoms in total. The van der Waals surface area contributed by atoms with Crippen LogP contribution in [-0.4, -0.2) is 90.9 Å². The van der Waals surface area contributed by atoms with Crippen molar-refractivity contribution in [3.05, 3.63) is 0 Å². The summed E-state index contributed by atoms with van der Waals surface area (Å²) in [4.78, 5) is 45.3. The van der Waals surface area contributed by atoms with Crippen LogP contribution in [0.1, 0.15) is 122 Å². The Morgan fingerprint density at radius 1 is 0.588 bits per heavy atom. The summed E-state index contributed by atoms with van der Waals surface area (Å²) in [7, 11) is 0. The zero-order valence-electron chi connectivity index (χ0n) is 19.6. The molecule has 0 aromatic carbocycles. The minimum absolute atomic E-state index is 0. The van der Waals surface area contributed by atoms with Crippen molar-refractivity contribution < 1.29 is 39.2 Å². The average Bonchev–Trinajstić information content (AvgIpc) is 2.69. The number of carbonyl (C=O) groups excluding carboxylic acids is 1. The summed E-state index contributed by atoms with van der Waals surface area (Å²) in [5, 5.41) is 27.1. The third-order valence-electron chi connectivity index (χ3n) is 5.56. The molecule has 3 N–H and O–H groups in total. The number of carboxylic acids is 3. The second-order valence-corrected chi connectivity index (χ2v) is 8.61. The molecule has 0 spiro atoms. The average molecular weight is 511 g/mol. The molecular formula is C24H46Mg2O8. The van der Waals surface area contributed by atoms with Gasteiger partial charge in [-0.15, -0.1) is 0 Å². The molecule has 0 aliphatic heterocycles. The lowest BCUT2D eigenvalue weighted by molar-refractivity contribution is -0.186. The largest absolute Gasteiger partial charge is 0.481 e. The fourth-order valence-corrected chi connectivity index (χ4v) is 3.73. The van der Waals surface area contributed by atoms with Crippen LogP contribution in [0.3, 0.4) is 0 Å². The molecule has 0 fully saturated rings. The Labute approximate surface area is 236 Å². The number of rotatable bonds is 22. The summed E-state index contributed by atoms with van der Waals surface area (Å²) in [6.07, 6.45) is 15.3. The zero-order chi connectivity index (χ0) is 24.2. The Morgan fingerprint density at radius 2 is 0.912 bits per heavy atom. The van der Waals surface area contributed by atoms with Crippen LogP contribution in [0.5, 0.6) is 0 Å². The lowest BCUT2D eigenvalue weighted by atomic mass is 9.95. The molecule has 0 aromatic heterocycles. The van der Waals surface area contributed by atoms with Crippen LogP contribution < -0.4 is 0 Å². The van der Waals surface area contributed by atoms with Crippen LogP contribution >= 0.6 is 0 Å². The molecule has 0 bridgehead atoms. The van der Waals surface area contributed by atoms with Gasteiger partial charge in [0.15, 0.2) is 0 Å². The quantitative estimate of drug-likeness (QED) is 0.114. The molecule has 10 heteroatoms. The van der Waals surface area contributed by atoms with Crippen LogP contribution in [0.2, 0.25) is 0 Å². The number of unbranched alkanes of at least 4 members (excludes halogenated alkanes) is 14. The van der Waals surface area contributed by atoms with Gasteiger partial charge in [-0.2, -0.15) is 0 Å². The molecule has 0 atom stereocenters. The highest BCUT2D eigenvalue weighted by Crippen LogP contribution is 2.24. The van der Waals surface area contributed by atoms with Gasteiger partial charge in [0.2, 0.25) is 5.60 Å². The maximum atomic E-state index is 12.0. The Balaban J connectivity index is -0.00000480. The molecule has 0 radical (unpaired) electrons. The van der Waals surface area contributed by atoms with E-state index in [4.69, 9.17) is 14.9 Å². The summed E-state index contributed by atoms with van der Waals surface area (Å²) in [6, 6.07) is 0. The number of ether oxygens (including phenoxy) is 1. The van der Waals surface area contributed by atoms with Crippen molar-refractivity contribution in [3.63, 3.8) is 0 Å². The first-order valence-corrected chi connectivity index (χ1v) is 12.1. The van der Waals surface area contributed by atoms with E-state index in [1.165, 1.54) is 64.2 Å². The van der Waals surface area contributed by atoms with Crippen molar-refractivity contribution in [1.29, 1.82) is 0 Å². The summed E-state index contributed by atoms with van der Waals surface area (Å²) in [5.41, 5.74) is -2.58. The van der Waals surface area contributed by atoms with E-state index in [9.17, 15) is 24.3 Å². The van der Waals surface area contributed by atoms with E-state index in [-0.39, 0.29) is 52.5 Å². The van der Waals surface area contributed by atoms with Crippen molar-refractivity contribution in [3.8, 4) is 0 Å². The van der Waals surface area contributed by atoms with Crippen molar-refractivity contribution in [2.24, 2.45) is 0 Å². The van der Waals surface area contributed by atoms with Crippen molar-refractivity contribution in [2.45, 2.75) is 128 Å². The van der Waals surface area contributed by atoms with E-state index in [2.05, 4.69) is 6.92 Å². The first kappa shape index (κ1) is 38.0. The molecule has 0 aliphatic carbocycles. The lowest BCUT2D eigenvalue weighted by Gasteiger charge is -2.26. The van der Waals surface area contributed by atoms with Crippen molar-refractivity contribution in [2.75, 3.05) is 0 Å². The first-order valence-electron chi connectivity index (χ1n) is 12.1. The van der Waals surface area contributed by atoms with E-state index in [0.29, 0.717) is 6.42 Å². The van der Waals surface area contributed by atoms with Crippen LogP contribution in [0.25, 0.3) is 0 Å². The van der Waals surface area contributed by atoms with Crippen LogP contribution in [0.15, 0.2) is 0 Å². The van der Waals surface area contributed by atoms with Gasteiger partial charge in [-0.25, -0.2) is 4.79 Å². The molecule has 34 heavy (non-hydrogen) atoms. The van der Waals surface area contributed by atoms with E-state index < -0.39 is 42.3 Å². The number of hydrogen-bond acceptors (Lipinski definition) is 5. The maximum Gasteiger partial charge on any atom is 0.349 e. The Morgan fingerprint density at radius 3 is 1.21 bits per heavy atom. The molecule has 0 heterocycles. The molecule has 0 saturated heterocycles. The molecular weight excluding hydrogens is 465 g/mol. The third-order valence-corrected chi connectivity index (χ3v) is 5.56. The van der Waals surface area contributed by atoms with Gasteiger partial charge >= 0.3 is 70.0 Å². The minimum atomic E-state index is -2.58. The standard InChI is InChI=1S/C24H42O8.2Mg.4H/c1-2-3-4-5-6-7-8-9-10-11-12-13-14-15-16-17-22(29)32-24(23(30)31,18-20(25)26)19-21(27)28;;;;;;/h2-19H2,1H3,(H,25,26)(H,27,28)(H,30,31);;;;;;. The Bertz CT molecular complexity index is 553. The fraction of sp³-hybridized carbons (Fsp3) is 0.833. The second-order valence-electron chi connectivity index (χ2n) is 8.61. The van der Waals surface area contributed by atoms with Gasteiger partial charge in [0.1, 0.15) is 0 Å². The summed E-state index contributed by atoms with van der Waals surface area (Å²) in [6.45, 7) is 2.23. The second kappa shape index (κ2) is 24.1. The number of carbonyl (C=O) groups is 4. The fourth-order valence-electron chi connectivity index (χ4n) is 3.73. The first-order chi connectivity index (χ1) is 15.2. The topological polar surface area (TPSA) is 138 Å².